The van der Waals surface area contributed by atoms with Gasteiger partial charge in [0.2, 0.25) is 0 Å². The molecule has 5 nitrogen and oxygen atoms in total. The van der Waals surface area contributed by atoms with Gasteiger partial charge in [-0.2, -0.15) is 0 Å². The number of benzene rings is 2. The topological polar surface area (TPSA) is 58.6 Å². The van der Waals surface area contributed by atoms with E-state index in [2.05, 4.69) is 21.2 Å². The number of ether oxygens (including phenoxy) is 1. The third kappa shape index (κ3) is 2.61. The van der Waals surface area contributed by atoms with E-state index >= 15 is 0 Å². The van der Waals surface area contributed by atoms with Crippen LogP contribution in [0.3, 0.4) is 0 Å². The molecule has 2 aromatic carbocycles. The molecule has 0 bridgehead atoms. The lowest BCUT2D eigenvalue weighted by atomic mass is 9.96. The Labute approximate surface area is 154 Å². The van der Waals surface area contributed by atoms with Gasteiger partial charge in [-0.25, -0.2) is 4.79 Å². The Morgan fingerprint density at radius 1 is 1.16 bits per heavy atom. The number of nitrogens with zero attached hydrogens (tertiary/aromatic N) is 1. The van der Waals surface area contributed by atoms with Crippen LogP contribution in [-0.4, -0.2) is 29.5 Å². The van der Waals surface area contributed by atoms with Gasteiger partial charge in [0.05, 0.1) is 18.1 Å². The molecule has 4 rings (SSSR count). The highest BCUT2D eigenvalue weighted by Gasteiger charge is 2.53. The lowest BCUT2D eigenvalue weighted by molar-refractivity contribution is -0.131. The van der Waals surface area contributed by atoms with E-state index < -0.39 is 5.54 Å². The number of hydrogen-bond acceptors (Lipinski definition) is 3. The number of nitrogens with one attached hydrogen (secondary N) is 1. The number of carbonyl (C=O) groups excluding carboxylic acids is 2. The van der Waals surface area contributed by atoms with E-state index in [9.17, 15) is 9.59 Å². The first-order chi connectivity index (χ1) is 12.0. The summed E-state index contributed by atoms with van der Waals surface area (Å²) in [5.41, 5.74) is 2.30. The van der Waals surface area contributed by atoms with Gasteiger partial charge in [0.15, 0.2) is 0 Å². The molecule has 0 atom stereocenters. The van der Waals surface area contributed by atoms with Crippen molar-refractivity contribution in [3.8, 4) is 5.75 Å². The van der Waals surface area contributed by atoms with Crippen molar-refractivity contribution in [1.29, 1.82) is 0 Å². The maximum atomic E-state index is 13.0. The molecule has 1 N–H and O–H groups in total. The van der Waals surface area contributed by atoms with Gasteiger partial charge >= 0.3 is 6.03 Å². The molecule has 3 amide bonds. The molecular formula is C19H17BrN2O3. The van der Waals surface area contributed by atoms with Crippen molar-refractivity contribution in [1.82, 2.24) is 10.2 Å². The summed E-state index contributed by atoms with van der Waals surface area (Å²) in [4.78, 5) is 26.8. The Morgan fingerprint density at radius 3 is 2.44 bits per heavy atom. The molecule has 1 aliphatic heterocycles. The Hall–Kier alpha value is -2.34. The highest BCUT2D eigenvalue weighted by molar-refractivity contribution is 9.10. The van der Waals surface area contributed by atoms with E-state index in [0.717, 1.165) is 21.2 Å². The molecular weight excluding hydrogens is 384 g/mol. The Kier molecular flexibility index (Phi) is 3.80. The predicted octanol–water partition coefficient (Wildman–Crippen LogP) is 3.05. The molecule has 0 unspecified atom stereocenters. The van der Waals surface area contributed by atoms with Crippen LogP contribution in [0.25, 0.3) is 0 Å². The van der Waals surface area contributed by atoms with Crippen LogP contribution in [0.15, 0.2) is 46.9 Å². The van der Waals surface area contributed by atoms with E-state index in [0.29, 0.717) is 18.6 Å². The van der Waals surface area contributed by atoms with Gasteiger partial charge in [0.1, 0.15) is 11.3 Å². The van der Waals surface area contributed by atoms with Crippen LogP contribution < -0.4 is 10.1 Å². The largest absolute Gasteiger partial charge is 0.496 e. The van der Waals surface area contributed by atoms with E-state index in [4.69, 9.17) is 4.74 Å². The first-order valence-electron chi connectivity index (χ1n) is 8.06. The molecule has 1 heterocycles. The number of rotatable bonds is 3. The van der Waals surface area contributed by atoms with Crippen LogP contribution >= 0.6 is 15.9 Å². The molecule has 1 saturated heterocycles. The molecule has 0 saturated carbocycles. The second-order valence-electron chi connectivity index (χ2n) is 6.49. The number of methoxy groups -OCH3 is 1. The minimum Gasteiger partial charge on any atom is -0.496 e. The van der Waals surface area contributed by atoms with Gasteiger partial charge in [-0.3, -0.25) is 9.69 Å². The summed E-state index contributed by atoms with van der Waals surface area (Å²) >= 11 is 3.44. The fourth-order valence-corrected chi connectivity index (χ4v) is 4.25. The fraction of sp³-hybridized carbons (Fsp3) is 0.263. The Balaban J connectivity index is 1.58. The fourth-order valence-electron chi connectivity index (χ4n) is 3.67. The maximum absolute atomic E-state index is 13.0. The van der Waals surface area contributed by atoms with Crippen LogP contribution in [0.1, 0.15) is 16.7 Å². The van der Waals surface area contributed by atoms with Gasteiger partial charge in [0, 0.05) is 12.8 Å². The first-order valence-corrected chi connectivity index (χ1v) is 8.85. The lowest BCUT2D eigenvalue weighted by Gasteiger charge is -2.20. The zero-order valence-corrected chi connectivity index (χ0v) is 15.3. The highest BCUT2D eigenvalue weighted by atomic mass is 79.9. The third-order valence-corrected chi connectivity index (χ3v) is 5.53. The predicted molar refractivity (Wildman–Crippen MR) is 96.4 cm³/mol. The van der Waals surface area contributed by atoms with Gasteiger partial charge in [0.25, 0.3) is 5.91 Å². The minimum absolute atomic E-state index is 0.152. The summed E-state index contributed by atoms with van der Waals surface area (Å²) < 4.78 is 6.01. The molecule has 0 aromatic heterocycles. The van der Waals surface area contributed by atoms with E-state index in [1.165, 1.54) is 4.90 Å². The monoisotopic (exact) mass is 400 g/mol. The average molecular weight is 401 g/mol. The van der Waals surface area contributed by atoms with Crippen LogP contribution in [0, 0.1) is 0 Å². The zero-order valence-electron chi connectivity index (χ0n) is 13.7. The minimum atomic E-state index is -0.829. The standard InChI is InChI=1S/C19H17BrN2O3/c1-25-16-7-6-12(8-15(16)20)11-22-17(23)19(21-18(22)24)9-13-4-2-3-5-14(13)10-19/h2-8H,9-11H2,1H3,(H,21,24). The number of hydrogen-bond donors (Lipinski definition) is 1. The third-order valence-electron chi connectivity index (χ3n) is 4.91. The van der Waals surface area contributed by atoms with Crippen molar-refractivity contribution in [3.63, 3.8) is 0 Å². The second-order valence-corrected chi connectivity index (χ2v) is 7.35. The summed E-state index contributed by atoms with van der Waals surface area (Å²) in [7, 11) is 1.60. The highest BCUT2D eigenvalue weighted by Crippen LogP contribution is 2.35. The summed E-state index contributed by atoms with van der Waals surface area (Å²) in [5.74, 6) is 0.560. The lowest BCUT2D eigenvalue weighted by Crippen LogP contribution is -2.47. The molecule has 2 aliphatic rings. The Morgan fingerprint density at radius 2 is 1.84 bits per heavy atom. The van der Waals surface area contributed by atoms with Crippen molar-refractivity contribution >= 4 is 27.9 Å². The number of urea groups is 1. The molecule has 1 spiro atoms. The molecule has 0 radical (unpaired) electrons. The molecule has 128 valence electrons. The average Bonchev–Trinajstić information content (AvgIpc) is 3.07. The molecule has 6 heteroatoms. The van der Waals surface area contributed by atoms with E-state index in [1.807, 2.05) is 42.5 Å². The molecule has 25 heavy (non-hydrogen) atoms. The van der Waals surface area contributed by atoms with Crippen molar-refractivity contribution in [2.45, 2.75) is 24.9 Å². The van der Waals surface area contributed by atoms with Gasteiger partial charge in [-0.05, 0) is 44.8 Å². The maximum Gasteiger partial charge on any atom is 0.325 e. The zero-order chi connectivity index (χ0) is 17.6. The van der Waals surface area contributed by atoms with Gasteiger partial charge in [-0.1, -0.05) is 30.3 Å². The van der Waals surface area contributed by atoms with Crippen LogP contribution in [0.2, 0.25) is 0 Å². The first kappa shape index (κ1) is 16.1. The quantitative estimate of drug-likeness (QED) is 0.805. The molecule has 1 aliphatic carbocycles. The Bertz CT molecular complexity index is 856. The number of halogens is 1. The van der Waals surface area contributed by atoms with Crippen molar-refractivity contribution in [2.24, 2.45) is 0 Å². The van der Waals surface area contributed by atoms with Crippen molar-refractivity contribution in [3.05, 3.63) is 63.6 Å². The summed E-state index contributed by atoms with van der Waals surface area (Å²) in [6.45, 7) is 0.241. The van der Waals surface area contributed by atoms with Crippen LogP contribution in [-0.2, 0) is 24.2 Å². The number of carbonyl (C=O) groups is 2. The van der Waals surface area contributed by atoms with Crippen molar-refractivity contribution < 1.29 is 14.3 Å². The summed E-state index contributed by atoms with van der Waals surface area (Å²) in [5, 5.41) is 2.93. The summed E-state index contributed by atoms with van der Waals surface area (Å²) in [6, 6.07) is 13.2. The SMILES string of the molecule is COc1ccc(CN2C(=O)NC3(Cc4ccccc4C3)C2=O)cc1Br. The number of fused-ring (bicyclic) bond motifs is 1. The second kappa shape index (κ2) is 5.88. The molecule has 2 aromatic rings. The van der Waals surface area contributed by atoms with Gasteiger partial charge in [-0.15, -0.1) is 0 Å². The van der Waals surface area contributed by atoms with E-state index in [1.54, 1.807) is 7.11 Å². The van der Waals surface area contributed by atoms with E-state index in [-0.39, 0.29) is 18.5 Å². The van der Waals surface area contributed by atoms with Gasteiger partial charge < -0.3 is 10.1 Å². The smallest absolute Gasteiger partial charge is 0.325 e. The molecule has 1 fully saturated rings. The number of amides is 3. The summed E-state index contributed by atoms with van der Waals surface area (Å²) in [6.07, 6.45) is 1.10. The van der Waals surface area contributed by atoms with Crippen LogP contribution in [0.5, 0.6) is 5.75 Å². The normalized spacial score (nSPS) is 17.8. The van der Waals surface area contributed by atoms with Crippen LogP contribution in [0.4, 0.5) is 4.79 Å². The van der Waals surface area contributed by atoms with Crippen molar-refractivity contribution in [2.75, 3.05) is 7.11 Å². The number of imide groups is 1.